The molecule has 1 aliphatic heterocycles. The van der Waals surface area contributed by atoms with E-state index in [4.69, 9.17) is 33.7 Å². The third-order valence-corrected chi connectivity index (χ3v) is 3.87. The first-order chi connectivity index (χ1) is 11.4. The van der Waals surface area contributed by atoms with Gasteiger partial charge in [0.05, 0.1) is 12.6 Å². The zero-order chi connectivity index (χ0) is 17.7. The van der Waals surface area contributed by atoms with Crippen LogP contribution in [-0.2, 0) is 0 Å². The molecule has 0 unspecified atom stereocenters. The molecule has 0 saturated carbocycles. The summed E-state index contributed by atoms with van der Waals surface area (Å²) in [6.45, 7) is 1.92. The molecule has 128 valence electrons. The Kier molecular flexibility index (Phi) is 5.73. The summed E-state index contributed by atoms with van der Waals surface area (Å²) in [4.78, 5) is 21.6. The number of likely N-dealkylation sites (tertiary alicyclic amines) is 1. The molecular weight excluding hydrogens is 334 g/mol. The van der Waals surface area contributed by atoms with Gasteiger partial charge in [-0.05, 0) is 12.8 Å². The summed E-state index contributed by atoms with van der Waals surface area (Å²) in [5.41, 5.74) is 10.9. The summed E-state index contributed by atoms with van der Waals surface area (Å²) in [6, 6.07) is 2.16. The molecule has 1 aliphatic rings. The third-order valence-electron chi connectivity index (χ3n) is 3.59. The SMILES string of the molecule is N#CCN1CCC(NC(=N)NC(=O)c2nc(Cl)c(N)nc2N)CC1. The van der Waals surface area contributed by atoms with Crippen LogP contribution in [0.5, 0.6) is 0 Å². The van der Waals surface area contributed by atoms with Crippen molar-refractivity contribution in [1.82, 2.24) is 25.5 Å². The number of anilines is 2. The number of piperidine rings is 1. The number of nitrogens with one attached hydrogen (secondary N) is 3. The molecule has 2 rings (SSSR count). The fourth-order valence-corrected chi connectivity index (χ4v) is 2.48. The van der Waals surface area contributed by atoms with Crippen molar-refractivity contribution in [3.8, 4) is 6.07 Å². The van der Waals surface area contributed by atoms with Gasteiger partial charge >= 0.3 is 0 Å². The van der Waals surface area contributed by atoms with Crippen LogP contribution in [0, 0.1) is 16.7 Å². The summed E-state index contributed by atoms with van der Waals surface area (Å²) in [5, 5.41) is 21.7. The Balaban J connectivity index is 1.88. The lowest BCUT2D eigenvalue weighted by atomic mass is 10.1. The highest BCUT2D eigenvalue weighted by molar-refractivity contribution is 6.31. The maximum Gasteiger partial charge on any atom is 0.280 e. The summed E-state index contributed by atoms with van der Waals surface area (Å²) in [6.07, 6.45) is 1.55. The van der Waals surface area contributed by atoms with Crippen molar-refractivity contribution in [2.75, 3.05) is 31.1 Å². The number of nitrogens with zero attached hydrogens (tertiary/aromatic N) is 4. The van der Waals surface area contributed by atoms with Crippen molar-refractivity contribution >= 4 is 35.1 Å². The van der Waals surface area contributed by atoms with Crippen LogP contribution >= 0.6 is 11.6 Å². The summed E-state index contributed by atoms with van der Waals surface area (Å²) in [5.74, 6) is -1.08. The van der Waals surface area contributed by atoms with Crippen molar-refractivity contribution in [3.05, 3.63) is 10.8 Å². The van der Waals surface area contributed by atoms with E-state index in [0.29, 0.717) is 6.54 Å². The van der Waals surface area contributed by atoms with E-state index in [1.807, 2.05) is 4.90 Å². The molecule has 11 heteroatoms. The average Bonchev–Trinajstić information content (AvgIpc) is 2.53. The first kappa shape index (κ1) is 17.7. The molecule has 24 heavy (non-hydrogen) atoms. The van der Waals surface area contributed by atoms with Crippen LogP contribution in [-0.4, -0.2) is 52.4 Å². The van der Waals surface area contributed by atoms with Gasteiger partial charge in [0.25, 0.3) is 5.91 Å². The molecule has 0 aromatic carbocycles. The Bertz CT molecular complexity index is 679. The van der Waals surface area contributed by atoms with Crippen molar-refractivity contribution in [1.29, 1.82) is 10.7 Å². The van der Waals surface area contributed by atoms with Crippen LogP contribution in [0.15, 0.2) is 0 Å². The van der Waals surface area contributed by atoms with Crippen LogP contribution in [0.1, 0.15) is 23.3 Å². The average molecular weight is 352 g/mol. The Labute approximate surface area is 143 Å². The van der Waals surface area contributed by atoms with E-state index in [2.05, 4.69) is 26.7 Å². The second-order valence-corrected chi connectivity index (χ2v) is 5.67. The first-order valence-electron chi connectivity index (χ1n) is 7.25. The fraction of sp³-hybridized carbons (Fsp3) is 0.462. The van der Waals surface area contributed by atoms with Gasteiger partial charge in [0.1, 0.15) is 0 Å². The lowest BCUT2D eigenvalue weighted by Crippen LogP contribution is -2.49. The Morgan fingerprint density at radius 2 is 2.04 bits per heavy atom. The van der Waals surface area contributed by atoms with E-state index >= 15 is 0 Å². The van der Waals surface area contributed by atoms with Crippen LogP contribution in [0.4, 0.5) is 11.6 Å². The normalized spacial score (nSPS) is 15.5. The molecule has 0 bridgehead atoms. The minimum Gasteiger partial charge on any atom is -0.382 e. The van der Waals surface area contributed by atoms with E-state index in [1.165, 1.54) is 0 Å². The van der Waals surface area contributed by atoms with Crippen molar-refractivity contribution in [2.24, 2.45) is 0 Å². The molecule has 2 heterocycles. The van der Waals surface area contributed by atoms with Gasteiger partial charge in [0, 0.05) is 19.1 Å². The number of amides is 1. The number of halogens is 1. The summed E-state index contributed by atoms with van der Waals surface area (Å²) < 4.78 is 0. The molecule has 0 aliphatic carbocycles. The Hall–Kier alpha value is -2.64. The number of nitrogen functional groups attached to an aromatic ring is 2. The van der Waals surface area contributed by atoms with Crippen LogP contribution in [0.2, 0.25) is 5.15 Å². The quantitative estimate of drug-likeness (QED) is 0.276. The molecule has 10 nitrogen and oxygen atoms in total. The van der Waals surface area contributed by atoms with Crippen LogP contribution in [0.3, 0.4) is 0 Å². The molecule has 7 N–H and O–H groups in total. The topological polar surface area (TPSA) is 170 Å². The van der Waals surface area contributed by atoms with Gasteiger partial charge < -0.3 is 16.8 Å². The van der Waals surface area contributed by atoms with E-state index < -0.39 is 5.91 Å². The van der Waals surface area contributed by atoms with Gasteiger partial charge in [-0.3, -0.25) is 20.4 Å². The molecule has 1 saturated heterocycles. The maximum atomic E-state index is 12.1. The summed E-state index contributed by atoms with van der Waals surface area (Å²) >= 11 is 5.73. The van der Waals surface area contributed by atoms with Gasteiger partial charge in [-0.2, -0.15) is 5.26 Å². The van der Waals surface area contributed by atoms with E-state index in [9.17, 15) is 4.79 Å². The molecule has 0 radical (unpaired) electrons. The number of nitriles is 1. The molecule has 1 aromatic rings. The number of carbonyl (C=O) groups is 1. The molecule has 0 atom stereocenters. The second kappa shape index (κ2) is 7.76. The highest BCUT2D eigenvalue weighted by Crippen LogP contribution is 2.17. The highest BCUT2D eigenvalue weighted by atomic mass is 35.5. The van der Waals surface area contributed by atoms with Crippen LogP contribution < -0.4 is 22.1 Å². The minimum absolute atomic E-state index is 0.0474. The number of guanidine groups is 1. The zero-order valence-electron chi connectivity index (χ0n) is 12.8. The lowest BCUT2D eigenvalue weighted by Gasteiger charge is -2.31. The van der Waals surface area contributed by atoms with E-state index in [-0.39, 0.29) is 34.5 Å². The fourth-order valence-electron chi connectivity index (χ4n) is 2.36. The van der Waals surface area contributed by atoms with Gasteiger partial charge in [0.2, 0.25) is 0 Å². The highest BCUT2D eigenvalue weighted by Gasteiger charge is 2.21. The van der Waals surface area contributed by atoms with Crippen molar-refractivity contribution in [2.45, 2.75) is 18.9 Å². The smallest absolute Gasteiger partial charge is 0.280 e. The number of hydrogen-bond acceptors (Lipinski definition) is 8. The van der Waals surface area contributed by atoms with Gasteiger partial charge in [0.15, 0.2) is 28.4 Å². The molecule has 0 spiro atoms. The molecule has 1 fully saturated rings. The molecular formula is C13H18ClN9O. The standard InChI is InChI=1S/C13H18ClN9O/c14-9-11(17)21-10(16)8(20-9)12(24)22-13(18)19-7-1-4-23(5-2-7)6-3-15/h7H,1-2,4-6H2,(H4,16,17,21)(H3,18,19,22,24). The number of rotatable bonds is 3. The minimum atomic E-state index is -0.693. The molecule has 1 amide bonds. The van der Waals surface area contributed by atoms with Crippen LogP contribution in [0.25, 0.3) is 0 Å². The zero-order valence-corrected chi connectivity index (χ0v) is 13.6. The van der Waals surface area contributed by atoms with Crippen molar-refractivity contribution < 1.29 is 4.79 Å². The van der Waals surface area contributed by atoms with Gasteiger partial charge in [-0.1, -0.05) is 11.6 Å². The van der Waals surface area contributed by atoms with Gasteiger partial charge in [-0.15, -0.1) is 0 Å². The third kappa shape index (κ3) is 4.43. The number of nitrogens with two attached hydrogens (primary N) is 2. The predicted octanol–water partition coefficient (Wildman–Crippen LogP) is -0.463. The Morgan fingerprint density at radius 1 is 1.38 bits per heavy atom. The monoisotopic (exact) mass is 351 g/mol. The maximum absolute atomic E-state index is 12.1. The second-order valence-electron chi connectivity index (χ2n) is 5.32. The first-order valence-corrected chi connectivity index (χ1v) is 7.62. The number of carbonyl (C=O) groups excluding carboxylic acids is 1. The van der Waals surface area contributed by atoms with E-state index in [1.54, 1.807) is 0 Å². The van der Waals surface area contributed by atoms with Crippen molar-refractivity contribution in [3.63, 3.8) is 0 Å². The largest absolute Gasteiger partial charge is 0.382 e. The molecule has 1 aromatic heterocycles. The predicted molar refractivity (Wildman–Crippen MR) is 89.3 cm³/mol. The number of aromatic nitrogens is 2. The Morgan fingerprint density at radius 3 is 2.67 bits per heavy atom. The van der Waals surface area contributed by atoms with Gasteiger partial charge in [-0.25, -0.2) is 9.97 Å². The summed E-state index contributed by atoms with van der Waals surface area (Å²) in [7, 11) is 0. The number of hydrogen-bond donors (Lipinski definition) is 5. The lowest BCUT2D eigenvalue weighted by molar-refractivity contribution is 0.0971. The van der Waals surface area contributed by atoms with E-state index in [0.717, 1.165) is 25.9 Å².